The molecule has 2 atom stereocenters. The van der Waals surface area contributed by atoms with Crippen molar-refractivity contribution in [1.29, 1.82) is 0 Å². The van der Waals surface area contributed by atoms with E-state index in [9.17, 15) is 14.4 Å². The van der Waals surface area contributed by atoms with Gasteiger partial charge < -0.3 is 14.2 Å². The van der Waals surface area contributed by atoms with Crippen LogP contribution in [0.2, 0.25) is 0 Å². The first-order valence-electron chi connectivity index (χ1n) is 8.44. The number of nitrogens with zero attached hydrogens (tertiary/aromatic N) is 1. The number of imide groups is 1. The molecular weight excluding hydrogens is 338 g/mol. The van der Waals surface area contributed by atoms with E-state index >= 15 is 0 Å². The van der Waals surface area contributed by atoms with Gasteiger partial charge in [0.2, 0.25) is 6.10 Å². The summed E-state index contributed by atoms with van der Waals surface area (Å²) in [6, 6.07) is 8.70. The van der Waals surface area contributed by atoms with Crippen LogP contribution in [-0.2, 0) is 25.6 Å². The zero-order chi connectivity index (χ0) is 19.1. The molecule has 0 unspecified atom stereocenters. The Kier molecular flexibility index (Phi) is 6.77. The van der Waals surface area contributed by atoms with Crippen LogP contribution in [0.4, 0.5) is 9.59 Å². The molecule has 1 aliphatic heterocycles. The fraction of sp³-hybridized carbons (Fsp3) is 0.421. The first-order valence-corrected chi connectivity index (χ1v) is 8.44. The zero-order valence-corrected chi connectivity index (χ0v) is 15.1. The van der Waals surface area contributed by atoms with Crippen LogP contribution in [0, 0.1) is 5.92 Å². The number of hydrogen-bond acceptors (Lipinski definition) is 6. The summed E-state index contributed by atoms with van der Waals surface area (Å²) in [5.41, 5.74) is 0.793. The molecule has 26 heavy (non-hydrogen) atoms. The molecule has 1 fully saturated rings. The van der Waals surface area contributed by atoms with E-state index in [1.54, 1.807) is 25.1 Å². The largest absolute Gasteiger partial charge is 0.509 e. The quantitative estimate of drug-likeness (QED) is 0.571. The first kappa shape index (κ1) is 19.5. The lowest BCUT2D eigenvalue weighted by molar-refractivity contribution is -0.137. The van der Waals surface area contributed by atoms with E-state index in [1.165, 1.54) is 6.08 Å². The third-order valence-electron chi connectivity index (χ3n) is 3.95. The van der Waals surface area contributed by atoms with E-state index in [1.807, 2.05) is 32.0 Å². The van der Waals surface area contributed by atoms with Crippen LogP contribution in [0.3, 0.4) is 0 Å². The van der Waals surface area contributed by atoms with Crippen molar-refractivity contribution >= 4 is 18.2 Å². The molecule has 1 aromatic carbocycles. The summed E-state index contributed by atoms with van der Waals surface area (Å²) < 4.78 is 15.1. The fourth-order valence-corrected chi connectivity index (χ4v) is 2.52. The summed E-state index contributed by atoms with van der Waals surface area (Å²) in [5.74, 6) is -0.636. The number of cyclic esters (lactones) is 1. The van der Waals surface area contributed by atoms with Crippen LogP contribution >= 0.6 is 0 Å². The summed E-state index contributed by atoms with van der Waals surface area (Å²) in [6.45, 7) is 5.60. The van der Waals surface area contributed by atoms with Gasteiger partial charge >= 0.3 is 12.2 Å². The Bertz CT molecular complexity index is 670. The van der Waals surface area contributed by atoms with Crippen molar-refractivity contribution in [2.24, 2.45) is 5.92 Å². The van der Waals surface area contributed by atoms with Gasteiger partial charge in [0.1, 0.15) is 13.2 Å². The molecule has 140 valence electrons. The summed E-state index contributed by atoms with van der Waals surface area (Å²) in [6.07, 6.45) is -0.00733. The lowest BCUT2D eigenvalue weighted by atomic mass is 10.0. The highest BCUT2D eigenvalue weighted by Gasteiger charge is 2.42. The fourth-order valence-electron chi connectivity index (χ4n) is 2.52. The van der Waals surface area contributed by atoms with Crippen LogP contribution in [0.1, 0.15) is 26.3 Å². The standard InChI is InChI=1S/C19H23NO6/c1-4-8-16(17(21)20-15(13(2)3)12-24-18(20)22)26-19(23)25-11-14-9-6-5-7-10-14/h4-10,13,15-16H,11-12H2,1-3H3/b8-4+/t15-,16+/m1/s1. The van der Waals surface area contributed by atoms with E-state index in [0.717, 1.165) is 10.5 Å². The average molecular weight is 361 g/mol. The second-order valence-electron chi connectivity index (χ2n) is 6.19. The Morgan fingerprint density at radius 2 is 2.00 bits per heavy atom. The number of ether oxygens (including phenoxy) is 3. The van der Waals surface area contributed by atoms with Gasteiger partial charge in [-0.2, -0.15) is 0 Å². The van der Waals surface area contributed by atoms with Gasteiger partial charge in [-0.25, -0.2) is 14.5 Å². The molecule has 0 radical (unpaired) electrons. The Hall–Kier alpha value is -2.83. The van der Waals surface area contributed by atoms with Crippen molar-refractivity contribution in [1.82, 2.24) is 4.90 Å². The molecule has 0 aliphatic carbocycles. The smallest absolute Gasteiger partial charge is 0.447 e. The van der Waals surface area contributed by atoms with Crippen LogP contribution in [-0.4, -0.2) is 41.8 Å². The van der Waals surface area contributed by atoms with Gasteiger partial charge in [-0.15, -0.1) is 0 Å². The maximum absolute atomic E-state index is 12.7. The summed E-state index contributed by atoms with van der Waals surface area (Å²) in [4.78, 5) is 37.6. The molecule has 0 aromatic heterocycles. The van der Waals surface area contributed by atoms with Gasteiger partial charge in [-0.05, 0) is 24.5 Å². The zero-order valence-electron chi connectivity index (χ0n) is 15.1. The monoisotopic (exact) mass is 361 g/mol. The van der Waals surface area contributed by atoms with Crippen LogP contribution < -0.4 is 0 Å². The lowest BCUT2D eigenvalue weighted by Gasteiger charge is -2.25. The van der Waals surface area contributed by atoms with Crippen molar-refractivity contribution in [2.45, 2.75) is 39.5 Å². The molecule has 1 saturated heterocycles. The third kappa shape index (κ3) is 4.84. The average Bonchev–Trinajstić information content (AvgIpc) is 3.01. The van der Waals surface area contributed by atoms with Crippen molar-refractivity contribution < 1.29 is 28.6 Å². The molecule has 1 aromatic rings. The molecular formula is C19H23NO6. The van der Waals surface area contributed by atoms with Crippen LogP contribution in [0.25, 0.3) is 0 Å². The van der Waals surface area contributed by atoms with Gasteiger partial charge in [0, 0.05) is 0 Å². The van der Waals surface area contributed by atoms with Crippen molar-refractivity contribution in [3.8, 4) is 0 Å². The summed E-state index contributed by atoms with van der Waals surface area (Å²) >= 11 is 0. The highest BCUT2D eigenvalue weighted by molar-refractivity contribution is 5.97. The van der Waals surface area contributed by atoms with Gasteiger partial charge in [0.25, 0.3) is 5.91 Å². The SMILES string of the molecule is C/C=C/[C@H](OC(=O)OCc1ccccc1)C(=O)N1C(=O)OC[C@@H]1C(C)C. The van der Waals surface area contributed by atoms with E-state index in [-0.39, 0.29) is 19.1 Å². The van der Waals surface area contributed by atoms with Gasteiger partial charge in [0.15, 0.2) is 0 Å². The predicted molar refractivity (Wildman–Crippen MR) is 93.1 cm³/mol. The first-order chi connectivity index (χ1) is 12.4. The van der Waals surface area contributed by atoms with E-state index in [4.69, 9.17) is 14.2 Å². The van der Waals surface area contributed by atoms with E-state index < -0.39 is 30.3 Å². The molecule has 7 heteroatoms. The number of carbonyl (C=O) groups excluding carboxylic acids is 3. The lowest BCUT2D eigenvalue weighted by Crippen LogP contribution is -2.47. The second kappa shape index (κ2) is 9.03. The Balaban J connectivity index is 2.01. The van der Waals surface area contributed by atoms with E-state index in [2.05, 4.69) is 0 Å². The Morgan fingerprint density at radius 3 is 2.62 bits per heavy atom. The van der Waals surface area contributed by atoms with Crippen molar-refractivity contribution in [2.75, 3.05) is 6.61 Å². The minimum atomic E-state index is -1.25. The second-order valence-corrected chi connectivity index (χ2v) is 6.19. The number of rotatable bonds is 6. The van der Waals surface area contributed by atoms with Crippen LogP contribution in [0.5, 0.6) is 0 Å². The van der Waals surface area contributed by atoms with E-state index in [0.29, 0.717) is 0 Å². The number of amides is 2. The minimum Gasteiger partial charge on any atom is -0.447 e. The summed E-state index contributed by atoms with van der Waals surface area (Å²) in [5, 5.41) is 0. The highest BCUT2D eigenvalue weighted by atomic mass is 16.7. The molecule has 1 heterocycles. The van der Waals surface area contributed by atoms with Gasteiger partial charge in [-0.1, -0.05) is 50.3 Å². The number of hydrogen-bond donors (Lipinski definition) is 0. The van der Waals surface area contributed by atoms with Gasteiger partial charge in [0.05, 0.1) is 6.04 Å². The maximum Gasteiger partial charge on any atom is 0.509 e. The molecule has 0 bridgehead atoms. The molecule has 2 rings (SSSR count). The van der Waals surface area contributed by atoms with Crippen LogP contribution in [0.15, 0.2) is 42.5 Å². The topological polar surface area (TPSA) is 82.1 Å². The molecule has 0 saturated carbocycles. The Labute approximate surface area is 152 Å². The molecule has 0 spiro atoms. The molecule has 2 amide bonds. The van der Waals surface area contributed by atoms with Crippen molar-refractivity contribution in [3.63, 3.8) is 0 Å². The third-order valence-corrected chi connectivity index (χ3v) is 3.95. The summed E-state index contributed by atoms with van der Waals surface area (Å²) in [7, 11) is 0. The minimum absolute atomic E-state index is 0.0155. The molecule has 1 aliphatic rings. The molecule has 0 N–H and O–H groups in total. The molecule has 7 nitrogen and oxygen atoms in total. The number of allylic oxidation sites excluding steroid dienone is 1. The highest BCUT2D eigenvalue weighted by Crippen LogP contribution is 2.21. The normalized spacial score (nSPS) is 18.1. The Morgan fingerprint density at radius 1 is 1.31 bits per heavy atom. The van der Waals surface area contributed by atoms with Gasteiger partial charge in [-0.3, -0.25) is 4.79 Å². The van der Waals surface area contributed by atoms with Crippen molar-refractivity contribution in [3.05, 3.63) is 48.0 Å². The number of carbonyl (C=O) groups is 3. The predicted octanol–water partition coefficient (Wildman–Crippen LogP) is 3.29. The number of benzene rings is 1. The maximum atomic E-state index is 12.7.